The van der Waals surface area contributed by atoms with E-state index in [0.717, 1.165) is 36.8 Å². The summed E-state index contributed by atoms with van der Waals surface area (Å²) in [6, 6.07) is 14.5. The molecule has 0 saturated heterocycles. The van der Waals surface area contributed by atoms with E-state index < -0.39 is 0 Å². The van der Waals surface area contributed by atoms with Crippen molar-refractivity contribution in [3.63, 3.8) is 0 Å². The first-order chi connectivity index (χ1) is 10.3. The van der Waals surface area contributed by atoms with Crippen LogP contribution in [0.2, 0.25) is 0 Å². The quantitative estimate of drug-likeness (QED) is 0.920. The minimum Gasteiger partial charge on any atom is -0.495 e. The zero-order chi connectivity index (χ0) is 14.7. The second-order valence-electron chi connectivity index (χ2n) is 5.46. The van der Waals surface area contributed by atoms with Crippen LogP contribution in [0.4, 0.5) is 5.69 Å². The van der Waals surface area contributed by atoms with Crippen LogP contribution in [0.15, 0.2) is 42.5 Å². The van der Waals surface area contributed by atoms with Gasteiger partial charge in [-0.3, -0.25) is 0 Å². The minimum absolute atomic E-state index is 0.472. The Morgan fingerprint density at radius 3 is 2.95 bits per heavy atom. The molecule has 0 fully saturated rings. The standard InChI is InChI=1S/C18H21NO2/c1-13-7-8-18(20-2)16(11-13)19-12-14-9-10-21-17-6-4-3-5-15(14)17/h3-8,11,14,19H,9-10,12H2,1-2H3. The predicted octanol–water partition coefficient (Wildman–Crippen LogP) is 3.98. The molecule has 0 amide bonds. The van der Waals surface area contributed by atoms with E-state index in [4.69, 9.17) is 9.47 Å². The maximum Gasteiger partial charge on any atom is 0.141 e. The number of rotatable bonds is 4. The molecule has 110 valence electrons. The van der Waals surface area contributed by atoms with Gasteiger partial charge in [0.05, 0.1) is 19.4 Å². The summed E-state index contributed by atoms with van der Waals surface area (Å²) in [5.74, 6) is 2.38. The third-order valence-electron chi connectivity index (χ3n) is 3.98. The molecule has 0 spiro atoms. The monoisotopic (exact) mass is 283 g/mol. The fourth-order valence-electron chi connectivity index (χ4n) is 2.82. The number of para-hydroxylation sites is 1. The highest BCUT2D eigenvalue weighted by Gasteiger charge is 2.21. The van der Waals surface area contributed by atoms with Crippen molar-refractivity contribution in [3.05, 3.63) is 53.6 Å². The normalized spacial score (nSPS) is 16.8. The number of aryl methyl sites for hydroxylation is 1. The Morgan fingerprint density at radius 2 is 2.10 bits per heavy atom. The van der Waals surface area contributed by atoms with Gasteiger partial charge in [-0.2, -0.15) is 0 Å². The maximum atomic E-state index is 5.72. The van der Waals surface area contributed by atoms with Crippen LogP contribution in [-0.2, 0) is 0 Å². The molecular formula is C18H21NO2. The molecule has 1 aliphatic rings. The van der Waals surface area contributed by atoms with Gasteiger partial charge in [-0.15, -0.1) is 0 Å². The largest absolute Gasteiger partial charge is 0.495 e. The van der Waals surface area contributed by atoms with Crippen LogP contribution >= 0.6 is 0 Å². The van der Waals surface area contributed by atoms with Crippen LogP contribution in [0.5, 0.6) is 11.5 Å². The molecule has 1 unspecified atom stereocenters. The predicted molar refractivity (Wildman–Crippen MR) is 85.5 cm³/mol. The highest BCUT2D eigenvalue weighted by Crippen LogP contribution is 2.34. The number of anilines is 1. The summed E-state index contributed by atoms with van der Waals surface area (Å²) >= 11 is 0. The first-order valence-electron chi connectivity index (χ1n) is 7.38. The Morgan fingerprint density at radius 1 is 1.24 bits per heavy atom. The smallest absolute Gasteiger partial charge is 0.141 e. The summed E-state index contributed by atoms with van der Waals surface area (Å²) in [5, 5.41) is 3.54. The Kier molecular flexibility index (Phi) is 4.00. The fraction of sp³-hybridized carbons (Fsp3) is 0.333. The summed E-state index contributed by atoms with van der Waals surface area (Å²) in [6.45, 7) is 3.77. The first-order valence-corrected chi connectivity index (χ1v) is 7.38. The summed E-state index contributed by atoms with van der Waals surface area (Å²) in [6.07, 6.45) is 1.04. The topological polar surface area (TPSA) is 30.5 Å². The van der Waals surface area contributed by atoms with E-state index in [1.54, 1.807) is 7.11 Å². The lowest BCUT2D eigenvalue weighted by Gasteiger charge is -2.26. The van der Waals surface area contributed by atoms with E-state index >= 15 is 0 Å². The van der Waals surface area contributed by atoms with E-state index in [1.165, 1.54) is 11.1 Å². The molecule has 2 aromatic rings. The summed E-state index contributed by atoms with van der Waals surface area (Å²) in [7, 11) is 1.71. The molecule has 21 heavy (non-hydrogen) atoms. The Balaban J connectivity index is 1.76. The van der Waals surface area contributed by atoms with Crippen molar-refractivity contribution in [1.82, 2.24) is 0 Å². The van der Waals surface area contributed by atoms with Crippen LogP contribution in [0.1, 0.15) is 23.5 Å². The number of methoxy groups -OCH3 is 1. The second-order valence-corrected chi connectivity index (χ2v) is 5.46. The Labute approximate surface area is 125 Å². The van der Waals surface area contributed by atoms with Gasteiger partial charge in [-0.25, -0.2) is 0 Å². The van der Waals surface area contributed by atoms with Crippen LogP contribution < -0.4 is 14.8 Å². The summed E-state index contributed by atoms with van der Waals surface area (Å²) in [4.78, 5) is 0. The SMILES string of the molecule is COc1ccc(C)cc1NCC1CCOc2ccccc21. The lowest BCUT2D eigenvalue weighted by Crippen LogP contribution is -2.20. The molecule has 1 atom stereocenters. The molecule has 0 aliphatic carbocycles. The van der Waals surface area contributed by atoms with E-state index in [1.807, 2.05) is 12.1 Å². The number of hydrogen-bond acceptors (Lipinski definition) is 3. The van der Waals surface area contributed by atoms with Crippen LogP contribution in [0.25, 0.3) is 0 Å². The molecule has 0 bridgehead atoms. The molecule has 0 aromatic heterocycles. The molecule has 0 radical (unpaired) electrons. The third-order valence-corrected chi connectivity index (χ3v) is 3.98. The van der Waals surface area contributed by atoms with E-state index in [0.29, 0.717) is 5.92 Å². The van der Waals surface area contributed by atoms with Gasteiger partial charge in [-0.05, 0) is 42.7 Å². The van der Waals surface area contributed by atoms with Gasteiger partial charge in [0.15, 0.2) is 0 Å². The zero-order valence-corrected chi connectivity index (χ0v) is 12.6. The number of fused-ring (bicyclic) bond motifs is 1. The molecule has 2 aromatic carbocycles. The lowest BCUT2D eigenvalue weighted by molar-refractivity contribution is 0.270. The highest BCUT2D eigenvalue weighted by atomic mass is 16.5. The van der Waals surface area contributed by atoms with Gasteiger partial charge >= 0.3 is 0 Å². The van der Waals surface area contributed by atoms with Crippen molar-refractivity contribution in [2.24, 2.45) is 0 Å². The Bertz CT molecular complexity index is 624. The molecule has 1 heterocycles. The number of benzene rings is 2. The summed E-state index contributed by atoms with van der Waals surface area (Å²) < 4.78 is 11.1. The summed E-state index contributed by atoms with van der Waals surface area (Å²) in [5.41, 5.74) is 3.58. The fourth-order valence-corrected chi connectivity index (χ4v) is 2.82. The second kappa shape index (κ2) is 6.08. The minimum atomic E-state index is 0.472. The van der Waals surface area contributed by atoms with Crippen molar-refractivity contribution < 1.29 is 9.47 Å². The van der Waals surface area contributed by atoms with E-state index in [2.05, 4.69) is 42.6 Å². The number of nitrogens with one attached hydrogen (secondary N) is 1. The molecule has 1 N–H and O–H groups in total. The third kappa shape index (κ3) is 2.97. The highest BCUT2D eigenvalue weighted by molar-refractivity contribution is 5.58. The zero-order valence-electron chi connectivity index (χ0n) is 12.6. The number of ether oxygens (including phenoxy) is 2. The van der Waals surface area contributed by atoms with E-state index in [9.17, 15) is 0 Å². The molecule has 3 rings (SSSR count). The van der Waals surface area contributed by atoms with Gasteiger partial charge < -0.3 is 14.8 Å². The average molecular weight is 283 g/mol. The van der Waals surface area contributed by atoms with E-state index in [-0.39, 0.29) is 0 Å². The van der Waals surface area contributed by atoms with Crippen molar-refractivity contribution in [1.29, 1.82) is 0 Å². The van der Waals surface area contributed by atoms with Gasteiger partial charge in [0, 0.05) is 12.5 Å². The average Bonchev–Trinajstić information content (AvgIpc) is 2.53. The van der Waals surface area contributed by atoms with Crippen molar-refractivity contribution >= 4 is 5.69 Å². The number of hydrogen-bond donors (Lipinski definition) is 1. The Hall–Kier alpha value is -2.16. The molecule has 0 saturated carbocycles. The van der Waals surface area contributed by atoms with Crippen LogP contribution in [-0.4, -0.2) is 20.3 Å². The maximum absolute atomic E-state index is 5.72. The van der Waals surface area contributed by atoms with Crippen LogP contribution in [0, 0.1) is 6.92 Å². The van der Waals surface area contributed by atoms with Gasteiger partial charge in [0.25, 0.3) is 0 Å². The van der Waals surface area contributed by atoms with Gasteiger partial charge in [0.2, 0.25) is 0 Å². The first kappa shape index (κ1) is 13.8. The van der Waals surface area contributed by atoms with Crippen molar-refractivity contribution in [2.75, 3.05) is 25.6 Å². The molecule has 3 nitrogen and oxygen atoms in total. The van der Waals surface area contributed by atoms with Crippen LogP contribution in [0.3, 0.4) is 0 Å². The van der Waals surface area contributed by atoms with Gasteiger partial charge in [-0.1, -0.05) is 24.3 Å². The van der Waals surface area contributed by atoms with Crippen molar-refractivity contribution in [3.8, 4) is 11.5 Å². The molecule has 1 aliphatic heterocycles. The van der Waals surface area contributed by atoms with Crippen molar-refractivity contribution in [2.45, 2.75) is 19.3 Å². The van der Waals surface area contributed by atoms with Gasteiger partial charge in [0.1, 0.15) is 11.5 Å². The molecule has 3 heteroatoms. The molecular weight excluding hydrogens is 262 g/mol. The lowest BCUT2D eigenvalue weighted by atomic mass is 9.93.